The van der Waals surface area contributed by atoms with E-state index in [1.54, 1.807) is 0 Å². The van der Waals surface area contributed by atoms with Crippen LogP contribution in [-0.4, -0.2) is 42.7 Å². The molecule has 1 amide bonds. The highest BCUT2D eigenvalue weighted by Gasteiger charge is 2.37. The van der Waals surface area contributed by atoms with Gasteiger partial charge >= 0.3 is 0 Å². The number of carbonyl (C=O) groups excluding carboxylic acids is 1. The maximum absolute atomic E-state index is 15.3. The molecule has 0 aromatic heterocycles. The molecule has 29 heavy (non-hydrogen) atoms. The average molecular weight is 405 g/mol. The van der Waals surface area contributed by atoms with Gasteiger partial charge in [-0.25, -0.2) is 4.39 Å². The Balaban J connectivity index is 1.87. The lowest BCUT2D eigenvalue weighted by Crippen LogP contribution is -2.50. The molecule has 1 heterocycles. The van der Waals surface area contributed by atoms with Crippen LogP contribution in [0.25, 0.3) is 0 Å². The van der Waals surface area contributed by atoms with E-state index in [2.05, 4.69) is 63.9 Å². The molecule has 0 spiro atoms. The highest BCUT2D eigenvalue weighted by atomic mass is 19.1. The third-order valence-corrected chi connectivity index (χ3v) is 6.15. The van der Waals surface area contributed by atoms with Crippen LogP contribution in [0.1, 0.15) is 66.4 Å². The van der Waals surface area contributed by atoms with Crippen molar-refractivity contribution in [2.45, 2.75) is 72.9 Å². The van der Waals surface area contributed by atoms with Crippen LogP contribution < -0.4 is 5.32 Å². The average Bonchev–Trinajstić information content (AvgIpc) is 2.63. The van der Waals surface area contributed by atoms with Crippen molar-refractivity contribution in [3.63, 3.8) is 0 Å². The molecular weight excluding hydrogens is 363 g/mol. The molecule has 0 aliphatic carbocycles. The first kappa shape index (κ1) is 23.9. The molecule has 1 saturated heterocycles. The maximum atomic E-state index is 15.3. The minimum absolute atomic E-state index is 0.0338. The van der Waals surface area contributed by atoms with Crippen LogP contribution in [0.4, 0.5) is 4.39 Å². The van der Waals surface area contributed by atoms with E-state index >= 15 is 4.39 Å². The number of carbonyl (C=O) groups is 1. The van der Waals surface area contributed by atoms with Gasteiger partial charge in [0.15, 0.2) is 0 Å². The Bertz CT molecular complexity index is 637. The number of nitrogens with one attached hydrogen (secondary N) is 1. The molecule has 1 atom stereocenters. The van der Waals surface area contributed by atoms with E-state index in [4.69, 9.17) is 0 Å². The first-order valence-corrected chi connectivity index (χ1v) is 11.1. The van der Waals surface area contributed by atoms with Gasteiger partial charge in [-0.1, -0.05) is 71.9 Å². The lowest BCUT2D eigenvalue weighted by Gasteiger charge is -2.38. The van der Waals surface area contributed by atoms with E-state index in [9.17, 15) is 4.79 Å². The second-order valence-electron chi connectivity index (χ2n) is 11.1. The number of halogens is 1. The molecule has 1 aromatic carbocycles. The Morgan fingerprint density at radius 1 is 1.10 bits per heavy atom. The van der Waals surface area contributed by atoms with Crippen molar-refractivity contribution >= 4 is 5.91 Å². The number of amides is 1. The van der Waals surface area contributed by atoms with Crippen LogP contribution >= 0.6 is 0 Å². The Hall–Kier alpha value is -1.42. The van der Waals surface area contributed by atoms with E-state index < -0.39 is 5.67 Å². The van der Waals surface area contributed by atoms with Crippen molar-refractivity contribution in [1.29, 1.82) is 0 Å². The van der Waals surface area contributed by atoms with Crippen molar-refractivity contribution in [3.05, 3.63) is 35.9 Å². The van der Waals surface area contributed by atoms with Crippen LogP contribution in [0, 0.1) is 16.7 Å². The van der Waals surface area contributed by atoms with E-state index in [0.29, 0.717) is 24.7 Å². The molecule has 0 bridgehead atoms. The predicted octanol–water partition coefficient (Wildman–Crippen LogP) is 5.25. The second kappa shape index (κ2) is 9.59. The molecule has 1 fully saturated rings. The fraction of sp³-hybridized carbons (Fsp3) is 0.720. The lowest BCUT2D eigenvalue weighted by atomic mass is 9.76. The molecule has 1 aliphatic rings. The van der Waals surface area contributed by atoms with Gasteiger partial charge in [0.25, 0.3) is 0 Å². The normalized spacial score (nSPS) is 19.0. The zero-order chi connectivity index (χ0) is 21.7. The minimum atomic E-state index is -1.29. The molecule has 3 nitrogen and oxygen atoms in total. The molecule has 1 aliphatic heterocycles. The van der Waals surface area contributed by atoms with Crippen molar-refractivity contribution in [2.24, 2.45) is 16.7 Å². The summed E-state index contributed by atoms with van der Waals surface area (Å²) >= 11 is 0. The van der Waals surface area contributed by atoms with Gasteiger partial charge in [0.2, 0.25) is 5.91 Å². The quantitative estimate of drug-likeness (QED) is 0.673. The summed E-state index contributed by atoms with van der Waals surface area (Å²) in [6.45, 7) is 15.7. The molecule has 4 heteroatoms. The summed E-state index contributed by atoms with van der Waals surface area (Å²) in [4.78, 5) is 15.3. The van der Waals surface area contributed by atoms with Gasteiger partial charge < -0.3 is 10.2 Å². The number of hydrogen-bond donors (Lipinski definition) is 1. The van der Waals surface area contributed by atoms with Gasteiger partial charge in [0.1, 0.15) is 5.67 Å². The van der Waals surface area contributed by atoms with Crippen molar-refractivity contribution < 1.29 is 9.18 Å². The van der Waals surface area contributed by atoms with Gasteiger partial charge in [-0.2, -0.15) is 0 Å². The molecule has 1 N–H and O–H groups in total. The monoisotopic (exact) mass is 404 g/mol. The Morgan fingerprint density at radius 2 is 1.69 bits per heavy atom. The van der Waals surface area contributed by atoms with Crippen LogP contribution in [0.15, 0.2) is 30.3 Å². The number of hydrogen-bond acceptors (Lipinski definition) is 2. The predicted molar refractivity (Wildman–Crippen MR) is 120 cm³/mol. The summed E-state index contributed by atoms with van der Waals surface area (Å²) in [5.74, 6) is -0.214. The molecule has 1 unspecified atom stereocenters. The van der Waals surface area contributed by atoms with Gasteiger partial charge in [-0.05, 0) is 48.6 Å². The van der Waals surface area contributed by atoms with Gasteiger partial charge in [0.05, 0.1) is 6.54 Å². The highest BCUT2D eigenvalue weighted by molar-refractivity contribution is 5.79. The van der Waals surface area contributed by atoms with Gasteiger partial charge in [-0.15, -0.1) is 0 Å². The number of alkyl halides is 1. The molecule has 164 valence electrons. The zero-order valence-electron chi connectivity index (χ0n) is 19.4. The fourth-order valence-electron chi connectivity index (χ4n) is 3.86. The summed E-state index contributed by atoms with van der Waals surface area (Å²) in [7, 11) is 0. The molecule has 0 radical (unpaired) electrons. The van der Waals surface area contributed by atoms with E-state index in [-0.39, 0.29) is 23.8 Å². The van der Waals surface area contributed by atoms with Crippen molar-refractivity contribution in [3.8, 4) is 0 Å². The topological polar surface area (TPSA) is 32.3 Å². The number of piperidine rings is 1. The van der Waals surface area contributed by atoms with Crippen LogP contribution in [0.3, 0.4) is 0 Å². The molecular formula is C25H41FN2O. The summed E-state index contributed by atoms with van der Waals surface area (Å²) < 4.78 is 15.3. The summed E-state index contributed by atoms with van der Waals surface area (Å²) in [5.41, 5.74) is -0.0217. The number of nitrogens with zero attached hydrogens (tertiary/aromatic N) is 1. The standard InChI is InChI=1S/C25H41FN2O/c1-23(2,3)12-15-28-16-13-25(26,14-17-28)19-27-22(29)21(24(4,5)6)18-20-10-8-7-9-11-20/h7-11,21H,12-19H2,1-6H3,(H,27,29). The molecule has 1 aromatic rings. The summed E-state index contributed by atoms with van der Waals surface area (Å²) in [5, 5.41) is 2.96. The Labute approximate surface area is 177 Å². The zero-order valence-corrected chi connectivity index (χ0v) is 19.4. The minimum Gasteiger partial charge on any atom is -0.353 e. The third kappa shape index (κ3) is 8.08. The van der Waals surface area contributed by atoms with Gasteiger partial charge in [-0.3, -0.25) is 4.79 Å². The van der Waals surface area contributed by atoms with Crippen molar-refractivity contribution in [1.82, 2.24) is 10.2 Å². The largest absolute Gasteiger partial charge is 0.353 e. The summed E-state index contributed by atoms with van der Waals surface area (Å²) in [6.07, 6.45) is 2.79. The number of benzene rings is 1. The smallest absolute Gasteiger partial charge is 0.224 e. The molecule has 0 saturated carbocycles. The Morgan fingerprint density at radius 3 is 2.21 bits per heavy atom. The van der Waals surface area contributed by atoms with Crippen LogP contribution in [0.2, 0.25) is 0 Å². The van der Waals surface area contributed by atoms with Gasteiger partial charge in [0, 0.05) is 19.0 Å². The van der Waals surface area contributed by atoms with Crippen LogP contribution in [0.5, 0.6) is 0 Å². The SMILES string of the molecule is CC(C)(C)CCN1CCC(F)(CNC(=O)C(Cc2ccccc2)C(C)(C)C)CC1. The van der Waals surface area contributed by atoms with E-state index in [0.717, 1.165) is 31.6 Å². The van der Waals surface area contributed by atoms with E-state index in [1.807, 2.05) is 18.2 Å². The van der Waals surface area contributed by atoms with E-state index in [1.165, 1.54) is 0 Å². The summed E-state index contributed by atoms with van der Waals surface area (Å²) in [6, 6.07) is 10.1. The first-order chi connectivity index (χ1) is 13.4. The number of likely N-dealkylation sites (tertiary alicyclic amines) is 1. The third-order valence-electron chi connectivity index (χ3n) is 6.15. The van der Waals surface area contributed by atoms with Crippen molar-refractivity contribution in [2.75, 3.05) is 26.2 Å². The van der Waals surface area contributed by atoms with Crippen LogP contribution in [-0.2, 0) is 11.2 Å². The number of rotatable bonds is 7. The first-order valence-electron chi connectivity index (χ1n) is 11.1. The maximum Gasteiger partial charge on any atom is 0.224 e. The fourth-order valence-corrected chi connectivity index (χ4v) is 3.86. The highest BCUT2D eigenvalue weighted by Crippen LogP contribution is 2.31. The second-order valence-corrected chi connectivity index (χ2v) is 11.1. The molecule has 2 rings (SSSR count). The lowest BCUT2D eigenvalue weighted by molar-refractivity contribution is -0.129. The Kier molecular flexibility index (Phi) is 7.89.